The van der Waals surface area contributed by atoms with E-state index in [1.165, 1.54) is 43.1 Å². The average Bonchev–Trinajstić information content (AvgIpc) is 3.49. The number of anilines is 1. The number of H-pyrrole nitrogens is 1. The van der Waals surface area contributed by atoms with Crippen LogP contribution >= 0.6 is 0 Å². The van der Waals surface area contributed by atoms with Gasteiger partial charge >= 0.3 is 0 Å². The molecule has 6 rings (SSSR count). The number of aromatic nitrogens is 5. The zero-order chi connectivity index (χ0) is 24.8. The number of hydrogen-bond donors (Lipinski definition) is 2. The molecule has 1 aliphatic carbocycles. The zero-order valence-electron chi connectivity index (χ0n) is 19.8. The highest BCUT2D eigenvalue weighted by molar-refractivity contribution is 5.99. The molecule has 1 aliphatic rings. The van der Waals surface area contributed by atoms with Gasteiger partial charge in [-0.3, -0.25) is 14.6 Å². The normalized spacial score (nSPS) is 15.2. The van der Waals surface area contributed by atoms with Gasteiger partial charge in [-0.1, -0.05) is 18.2 Å². The lowest BCUT2D eigenvalue weighted by molar-refractivity contribution is -0.0755. The summed E-state index contributed by atoms with van der Waals surface area (Å²) in [5, 5.41) is 10.4. The Bertz CT molecular complexity index is 1610. The monoisotopic (exact) mass is 485 g/mol. The molecule has 4 aromatic heterocycles. The van der Waals surface area contributed by atoms with Gasteiger partial charge < -0.3 is 10.3 Å². The Labute approximate surface area is 205 Å². The number of aromatic amines is 1. The molecule has 9 nitrogen and oxygen atoms in total. The van der Waals surface area contributed by atoms with Gasteiger partial charge in [-0.05, 0) is 37.0 Å². The lowest BCUT2D eigenvalue weighted by Crippen LogP contribution is -2.28. The van der Waals surface area contributed by atoms with Crippen LogP contribution in [0.2, 0.25) is 0 Å². The molecule has 182 valence electrons. The van der Waals surface area contributed by atoms with E-state index in [1.807, 2.05) is 12.1 Å². The van der Waals surface area contributed by atoms with Gasteiger partial charge in [0.15, 0.2) is 5.65 Å². The van der Waals surface area contributed by atoms with Crippen LogP contribution in [0, 0.1) is 5.82 Å². The molecular weight excluding hydrogens is 461 g/mol. The molecule has 36 heavy (non-hydrogen) atoms. The van der Waals surface area contributed by atoms with Crippen LogP contribution in [0.5, 0.6) is 0 Å². The van der Waals surface area contributed by atoms with Crippen molar-refractivity contribution < 1.29 is 14.0 Å². The highest BCUT2D eigenvalue weighted by atomic mass is 19.1. The summed E-state index contributed by atoms with van der Waals surface area (Å²) in [6, 6.07) is 11.6. The van der Waals surface area contributed by atoms with E-state index in [4.69, 9.17) is 4.84 Å². The number of nitrogens with zero attached hydrogens (tertiary/aromatic N) is 5. The minimum Gasteiger partial charge on any atom is -0.367 e. The predicted molar refractivity (Wildman–Crippen MR) is 133 cm³/mol. The number of pyridine rings is 1. The van der Waals surface area contributed by atoms with E-state index in [2.05, 4.69) is 43.6 Å². The van der Waals surface area contributed by atoms with Crippen molar-refractivity contribution in [2.45, 2.75) is 25.3 Å². The lowest BCUT2D eigenvalue weighted by atomic mass is 9.91. The number of fused-ring (bicyclic) bond motifs is 4. The SMILES string of the molecule is CON(C)C(=O)c1cnn2c(N[C@@H]3CCc4[nH]c5ccccc5c4C3)cc(-c3cncc(F)c3)nc12. The summed E-state index contributed by atoms with van der Waals surface area (Å²) in [5.41, 5.74) is 5.33. The Kier molecular flexibility index (Phi) is 5.37. The summed E-state index contributed by atoms with van der Waals surface area (Å²) < 4.78 is 15.6. The number of rotatable bonds is 5. The number of carbonyl (C=O) groups excluding carboxylic acids is 1. The van der Waals surface area contributed by atoms with Gasteiger partial charge in [0.05, 0.1) is 25.2 Å². The fourth-order valence-corrected chi connectivity index (χ4v) is 4.87. The summed E-state index contributed by atoms with van der Waals surface area (Å²) >= 11 is 0. The number of para-hydroxylation sites is 1. The third-order valence-electron chi connectivity index (χ3n) is 6.71. The smallest absolute Gasteiger partial charge is 0.282 e. The number of nitrogens with one attached hydrogen (secondary N) is 2. The van der Waals surface area contributed by atoms with Gasteiger partial charge in [-0.2, -0.15) is 9.61 Å². The first-order valence-corrected chi connectivity index (χ1v) is 11.7. The zero-order valence-corrected chi connectivity index (χ0v) is 19.8. The second-order valence-electron chi connectivity index (χ2n) is 8.91. The van der Waals surface area contributed by atoms with Crippen LogP contribution in [0.1, 0.15) is 28.0 Å². The van der Waals surface area contributed by atoms with Crippen molar-refractivity contribution in [1.82, 2.24) is 29.6 Å². The van der Waals surface area contributed by atoms with Crippen molar-refractivity contribution >= 4 is 28.3 Å². The molecule has 0 aliphatic heterocycles. The molecule has 0 fully saturated rings. The van der Waals surface area contributed by atoms with Crippen LogP contribution in [-0.2, 0) is 17.7 Å². The molecule has 0 radical (unpaired) electrons. The number of benzene rings is 1. The van der Waals surface area contributed by atoms with Crippen LogP contribution < -0.4 is 5.32 Å². The summed E-state index contributed by atoms with van der Waals surface area (Å²) in [5.74, 6) is -0.194. The standard InChI is InChI=1S/C26H24FN7O2/c1-33(36-2)26(35)20-14-29-34-24(11-23(32-25(20)34)15-9-16(27)13-28-12-15)30-17-7-8-22-19(10-17)18-5-3-4-6-21(18)31-22/h3-6,9,11-14,17,30-31H,7-8,10H2,1-2H3/t17-/m1/s1. The minimum absolute atomic E-state index is 0.130. The second-order valence-corrected chi connectivity index (χ2v) is 8.91. The summed E-state index contributed by atoms with van der Waals surface area (Å²) in [7, 11) is 2.93. The van der Waals surface area contributed by atoms with Crippen molar-refractivity contribution in [2.75, 3.05) is 19.5 Å². The number of halogens is 1. The molecule has 10 heteroatoms. The summed E-state index contributed by atoms with van der Waals surface area (Å²) in [4.78, 5) is 30.1. The first-order chi connectivity index (χ1) is 17.5. The number of amides is 1. The lowest BCUT2D eigenvalue weighted by Gasteiger charge is -2.25. The van der Waals surface area contributed by atoms with Gasteiger partial charge in [-0.15, -0.1) is 0 Å². The van der Waals surface area contributed by atoms with Crippen LogP contribution in [0.3, 0.4) is 0 Å². The minimum atomic E-state index is -0.466. The molecule has 4 heterocycles. The van der Waals surface area contributed by atoms with E-state index in [1.54, 1.807) is 10.7 Å². The summed E-state index contributed by atoms with van der Waals surface area (Å²) in [6.45, 7) is 0. The van der Waals surface area contributed by atoms with Crippen LogP contribution in [0.4, 0.5) is 10.2 Å². The fourth-order valence-electron chi connectivity index (χ4n) is 4.87. The molecule has 5 aromatic rings. The Morgan fingerprint density at radius 1 is 1.25 bits per heavy atom. The molecule has 0 spiro atoms. The number of hydroxylamine groups is 2. The molecule has 0 saturated heterocycles. The van der Waals surface area contributed by atoms with E-state index in [9.17, 15) is 9.18 Å². The third kappa shape index (κ3) is 3.75. The topological polar surface area (TPSA) is 100 Å². The first-order valence-electron chi connectivity index (χ1n) is 11.7. The number of carbonyl (C=O) groups is 1. The second kappa shape index (κ2) is 8.72. The molecule has 0 unspecified atom stereocenters. The summed E-state index contributed by atoms with van der Waals surface area (Å²) in [6.07, 6.45) is 6.82. The van der Waals surface area contributed by atoms with Crippen molar-refractivity contribution in [3.05, 3.63) is 77.6 Å². The maximum absolute atomic E-state index is 14.0. The van der Waals surface area contributed by atoms with Gasteiger partial charge in [0, 0.05) is 47.5 Å². The third-order valence-corrected chi connectivity index (χ3v) is 6.71. The van der Waals surface area contributed by atoms with Gasteiger partial charge in [0.1, 0.15) is 17.2 Å². The Balaban J connectivity index is 1.42. The molecule has 1 aromatic carbocycles. The van der Waals surface area contributed by atoms with Gasteiger partial charge in [-0.25, -0.2) is 14.4 Å². The van der Waals surface area contributed by atoms with Gasteiger partial charge in [0.2, 0.25) is 0 Å². The van der Waals surface area contributed by atoms with E-state index in [0.717, 1.165) is 36.0 Å². The Hall–Kier alpha value is -4.31. The van der Waals surface area contributed by atoms with Gasteiger partial charge in [0.25, 0.3) is 5.91 Å². The fraction of sp³-hybridized carbons (Fsp3) is 0.231. The maximum Gasteiger partial charge on any atom is 0.282 e. The predicted octanol–water partition coefficient (Wildman–Crippen LogP) is 4.01. The van der Waals surface area contributed by atoms with Crippen molar-refractivity contribution in [3.63, 3.8) is 0 Å². The quantitative estimate of drug-likeness (QED) is 0.365. The Morgan fingerprint density at radius 3 is 2.94 bits per heavy atom. The van der Waals surface area contributed by atoms with Crippen LogP contribution in [-0.4, -0.2) is 55.7 Å². The van der Waals surface area contributed by atoms with E-state index >= 15 is 0 Å². The van der Waals surface area contributed by atoms with E-state index < -0.39 is 5.82 Å². The van der Waals surface area contributed by atoms with Crippen LogP contribution in [0.25, 0.3) is 27.8 Å². The molecule has 1 amide bonds. The molecule has 2 N–H and O–H groups in total. The average molecular weight is 486 g/mol. The molecule has 0 saturated carbocycles. The highest BCUT2D eigenvalue weighted by Gasteiger charge is 2.25. The molecule has 1 atom stereocenters. The highest BCUT2D eigenvalue weighted by Crippen LogP contribution is 2.31. The number of aryl methyl sites for hydroxylation is 1. The Morgan fingerprint density at radius 2 is 2.11 bits per heavy atom. The van der Waals surface area contributed by atoms with Crippen molar-refractivity contribution in [3.8, 4) is 11.3 Å². The largest absolute Gasteiger partial charge is 0.367 e. The van der Waals surface area contributed by atoms with Crippen molar-refractivity contribution in [2.24, 2.45) is 0 Å². The van der Waals surface area contributed by atoms with E-state index in [0.29, 0.717) is 22.7 Å². The molecular formula is C26H24FN7O2. The number of hydrogen-bond acceptors (Lipinski definition) is 6. The first kappa shape index (κ1) is 22.2. The van der Waals surface area contributed by atoms with E-state index in [-0.39, 0.29) is 17.5 Å². The molecule has 0 bridgehead atoms. The van der Waals surface area contributed by atoms with Crippen LogP contribution in [0.15, 0.2) is 55.0 Å². The van der Waals surface area contributed by atoms with Crippen molar-refractivity contribution in [1.29, 1.82) is 0 Å². The maximum atomic E-state index is 14.0.